The van der Waals surface area contributed by atoms with Crippen molar-refractivity contribution in [2.24, 2.45) is 0 Å². The first-order chi connectivity index (χ1) is 14.7. The number of carbonyl (C=O) groups is 1. The van der Waals surface area contributed by atoms with Gasteiger partial charge in [0, 0.05) is 9.50 Å². The summed E-state index contributed by atoms with van der Waals surface area (Å²) in [5, 5.41) is 0.379. The Morgan fingerprint density at radius 1 is 1.00 bits per heavy atom. The molecule has 31 heavy (non-hydrogen) atoms. The number of hydrogen-bond donors (Lipinski definition) is 0. The number of ether oxygens (including phenoxy) is 2. The lowest BCUT2D eigenvalue weighted by molar-refractivity contribution is -0.119. The maximum atomic E-state index is 13.3. The van der Waals surface area contributed by atoms with Crippen molar-refractivity contribution in [2.45, 2.75) is 4.90 Å². The number of benzene rings is 3. The fourth-order valence-corrected chi connectivity index (χ4v) is 5.34. The van der Waals surface area contributed by atoms with Gasteiger partial charge in [-0.15, -0.1) is 0 Å². The average molecular weight is 590 g/mol. The van der Waals surface area contributed by atoms with E-state index >= 15 is 0 Å². The first-order valence-electron chi connectivity index (χ1n) is 8.78. The molecule has 0 fully saturated rings. The van der Waals surface area contributed by atoms with Crippen molar-refractivity contribution in [3.8, 4) is 11.5 Å². The van der Waals surface area contributed by atoms with Crippen molar-refractivity contribution in [1.29, 1.82) is 0 Å². The van der Waals surface area contributed by atoms with Gasteiger partial charge in [-0.2, -0.15) is 4.31 Å². The second-order valence-electron chi connectivity index (χ2n) is 6.18. The van der Waals surface area contributed by atoms with Gasteiger partial charge in [-0.1, -0.05) is 27.5 Å². The predicted molar refractivity (Wildman–Crippen MR) is 126 cm³/mol. The minimum absolute atomic E-state index is 0.0779. The van der Waals surface area contributed by atoms with Crippen LogP contribution in [0.4, 0.5) is 5.69 Å². The molecule has 162 valence electrons. The molecular formula is C21H16Br2ClNO5S. The monoisotopic (exact) mass is 587 g/mol. The van der Waals surface area contributed by atoms with Gasteiger partial charge >= 0.3 is 0 Å². The summed E-state index contributed by atoms with van der Waals surface area (Å²) in [5.74, 6) is 0.153. The number of halogens is 3. The van der Waals surface area contributed by atoms with Gasteiger partial charge in [0.1, 0.15) is 11.5 Å². The van der Waals surface area contributed by atoms with Gasteiger partial charge in [0.2, 0.25) is 0 Å². The zero-order chi connectivity index (χ0) is 22.6. The number of amides is 1. The molecule has 0 radical (unpaired) electrons. The summed E-state index contributed by atoms with van der Waals surface area (Å²) in [6.45, 7) is -0.501. The van der Waals surface area contributed by atoms with E-state index in [1.807, 2.05) is 0 Å². The molecule has 3 rings (SSSR count). The molecule has 0 bridgehead atoms. The lowest BCUT2D eigenvalue weighted by atomic mass is 10.3. The number of carbonyl (C=O) groups excluding carboxylic acids is 1. The highest BCUT2D eigenvalue weighted by molar-refractivity contribution is 9.11. The minimum atomic E-state index is -4.23. The molecule has 1 amide bonds. The van der Waals surface area contributed by atoms with E-state index in [1.165, 1.54) is 43.5 Å². The molecule has 0 heterocycles. The van der Waals surface area contributed by atoms with Crippen LogP contribution in [0.2, 0.25) is 5.02 Å². The predicted octanol–water partition coefficient (Wildman–Crippen LogP) is 5.67. The van der Waals surface area contributed by atoms with Gasteiger partial charge in [-0.05, 0) is 82.7 Å². The first kappa shape index (κ1) is 23.6. The Kier molecular flexibility index (Phi) is 7.64. The Bertz CT molecular complexity index is 1190. The molecular weight excluding hydrogens is 574 g/mol. The summed E-state index contributed by atoms with van der Waals surface area (Å²) < 4.78 is 39.5. The topological polar surface area (TPSA) is 72.9 Å². The lowest BCUT2D eigenvalue weighted by Crippen LogP contribution is -2.40. The Balaban J connectivity index is 1.96. The zero-order valence-electron chi connectivity index (χ0n) is 16.1. The molecule has 0 aliphatic heterocycles. The van der Waals surface area contributed by atoms with E-state index in [4.69, 9.17) is 21.1 Å². The van der Waals surface area contributed by atoms with Crippen molar-refractivity contribution in [3.05, 3.63) is 80.7 Å². The zero-order valence-corrected chi connectivity index (χ0v) is 20.8. The van der Waals surface area contributed by atoms with Crippen molar-refractivity contribution in [3.63, 3.8) is 0 Å². The van der Waals surface area contributed by atoms with E-state index in [0.29, 0.717) is 25.3 Å². The Morgan fingerprint density at radius 3 is 2.23 bits per heavy atom. The molecule has 3 aromatic rings. The van der Waals surface area contributed by atoms with Crippen LogP contribution < -0.4 is 13.8 Å². The van der Waals surface area contributed by atoms with E-state index in [9.17, 15) is 13.2 Å². The Labute approximate surface area is 202 Å². The summed E-state index contributed by atoms with van der Waals surface area (Å²) in [7, 11) is -2.73. The van der Waals surface area contributed by atoms with Crippen LogP contribution in [0.15, 0.2) is 80.6 Å². The van der Waals surface area contributed by atoms with Crippen LogP contribution >= 0.6 is 43.5 Å². The summed E-state index contributed by atoms with van der Waals surface area (Å²) >= 11 is 12.6. The number of methoxy groups -OCH3 is 1. The molecule has 10 heteroatoms. The normalized spacial score (nSPS) is 11.1. The van der Waals surface area contributed by atoms with Crippen molar-refractivity contribution < 1.29 is 22.7 Å². The van der Waals surface area contributed by atoms with Gasteiger partial charge in [0.05, 0.1) is 22.2 Å². The second kappa shape index (κ2) is 10.0. The highest BCUT2D eigenvalue weighted by atomic mass is 79.9. The maximum Gasteiger partial charge on any atom is 0.278 e. The van der Waals surface area contributed by atoms with Crippen LogP contribution in [0.1, 0.15) is 0 Å². The third-order valence-corrected chi connectivity index (χ3v) is 7.26. The van der Waals surface area contributed by atoms with Crippen LogP contribution in [0, 0.1) is 0 Å². The number of anilines is 1. The van der Waals surface area contributed by atoms with Crippen LogP contribution in [0.3, 0.4) is 0 Å². The minimum Gasteiger partial charge on any atom is -0.497 e. The molecule has 0 unspecified atom stereocenters. The summed E-state index contributed by atoms with van der Waals surface area (Å²) in [6.07, 6.45) is 0. The number of nitrogens with zero attached hydrogens (tertiary/aromatic N) is 1. The second-order valence-corrected chi connectivity index (χ2v) is 10.2. The van der Waals surface area contributed by atoms with Crippen LogP contribution in [0.25, 0.3) is 0 Å². The molecule has 6 nitrogen and oxygen atoms in total. The summed E-state index contributed by atoms with van der Waals surface area (Å²) in [6, 6.07) is 16.8. The number of sulfonamides is 1. The van der Waals surface area contributed by atoms with Crippen molar-refractivity contribution >= 4 is 65.1 Å². The number of hydrogen-bond acceptors (Lipinski definition) is 5. The van der Waals surface area contributed by atoms with Gasteiger partial charge in [-0.3, -0.25) is 4.79 Å². The smallest absolute Gasteiger partial charge is 0.278 e. The van der Waals surface area contributed by atoms with Gasteiger partial charge in [0.25, 0.3) is 15.9 Å². The molecule has 0 saturated carbocycles. The molecule has 0 aromatic heterocycles. The largest absolute Gasteiger partial charge is 0.497 e. The quantitative estimate of drug-likeness (QED) is 0.355. The van der Waals surface area contributed by atoms with Gasteiger partial charge in [0.15, 0.2) is 6.61 Å². The standard InChI is InChI=1S/C21H16Br2ClNO5S/c1-29-17-7-5-16(6-8-17)25(31(27,28)18-9-3-15(24)4-10-18)21(26)13-30-20-11-2-14(22)12-19(20)23/h2-12H,13H2,1H3. The van der Waals surface area contributed by atoms with Crippen LogP contribution in [-0.2, 0) is 14.8 Å². The summed E-state index contributed by atoms with van der Waals surface area (Å²) in [5.41, 5.74) is 0.152. The molecule has 0 saturated heterocycles. The van der Waals surface area contributed by atoms with Gasteiger partial charge in [-0.25, -0.2) is 8.42 Å². The molecule has 0 atom stereocenters. The fraction of sp³-hybridized carbons (Fsp3) is 0.0952. The fourth-order valence-electron chi connectivity index (χ4n) is 2.64. The maximum absolute atomic E-state index is 13.3. The molecule has 0 aliphatic rings. The SMILES string of the molecule is COc1ccc(N(C(=O)COc2ccc(Br)cc2Br)S(=O)(=O)c2ccc(Cl)cc2)cc1. The average Bonchev–Trinajstić information content (AvgIpc) is 2.74. The Hall–Kier alpha value is -2.07. The van der Waals surface area contributed by atoms with E-state index in [1.54, 1.807) is 30.3 Å². The first-order valence-corrected chi connectivity index (χ1v) is 12.2. The molecule has 0 spiro atoms. The lowest BCUT2D eigenvalue weighted by Gasteiger charge is -2.23. The van der Waals surface area contributed by atoms with Crippen molar-refractivity contribution in [1.82, 2.24) is 0 Å². The molecule has 0 N–H and O–H groups in total. The molecule has 0 aliphatic carbocycles. The van der Waals surface area contributed by atoms with Gasteiger partial charge < -0.3 is 9.47 Å². The van der Waals surface area contributed by atoms with E-state index in [0.717, 1.165) is 4.47 Å². The van der Waals surface area contributed by atoms with E-state index in [-0.39, 0.29) is 10.6 Å². The van der Waals surface area contributed by atoms with E-state index in [2.05, 4.69) is 31.9 Å². The third-order valence-electron chi connectivity index (χ3n) is 4.13. The van der Waals surface area contributed by atoms with Crippen LogP contribution in [0.5, 0.6) is 11.5 Å². The summed E-state index contributed by atoms with van der Waals surface area (Å²) in [4.78, 5) is 13.0. The molecule has 3 aromatic carbocycles. The van der Waals surface area contributed by atoms with Crippen LogP contribution in [-0.4, -0.2) is 28.0 Å². The Morgan fingerprint density at radius 2 is 1.65 bits per heavy atom. The third kappa shape index (κ3) is 5.60. The number of rotatable bonds is 7. The van der Waals surface area contributed by atoms with E-state index < -0.39 is 22.5 Å². The highest BCUT2D eigenvalue weighted by Crippen LogP contribution is 2.30. The highest BCUT2D eigenvalue weighted by Gasteiger charge is 2.31. The van der Waals surface area contributed by atoms with Crippen molar-refractivity contribution in [2.75, 3.05) is 18.0 Å².